The van der Waals surface area contributed by atoms with Crippen molar-refractivity contribution in [3.63, 3.8) is 0 Å². The van der Waals surface area contributed by atoms with Crippen LogP contribution in [0.5, 0.6) is 0 Å². The Labute approximate surface area is 109 Å². The van der Waals surface area contributed by atoms with E-state index in [-0.39, 0.29) is 18.2 Å². The van der Waals surface area contributed by atoms with Gasteiger partial charge in [-0.2, -0.15) is 0 Å². The van der Waals surface area contributed by atoms with Gasteiger partial charge in [0.2, 0.25) is 5.91 Å². The van der Waals surface area contributed by atoms with Gasteiger partial charge in [-0.25, -0.2) is 0 Å². The van der Waals surface area contributed by atoms with E-state index in [1.165, 1.54) is 0 Å². The van der Waals surface area contributed by atoms with Crippen LogP contribution >= 0.6 is 0 Å². The van der Waals surface area contributed by atoms with Crippen molar-refractivity contribution in [3.8, 4) is 0 Å². The molecule has 0 rings (SSSR count). The van der Waals surface area contributed by atoms with Crippen molar-refractivity contribution in [1.29, 1.82) is 0 Å². The molecule has 0 aliphatic heterocycles. The molecule has 4 N–H and O–H groups in total. The maximum absolute atomic E-state index is 11.8. The van der Waals surface area contributed by atoms with Crippen molar-refractivity contribution in [3.05, 3.63) is 0 Å². The molecular weight excluding hydrogens is 232 g/mol. The molecule has 18 heavy (non-hydrogen) atoms. The summed E-state index contributed by atoms with van der Waals surface area (Å²) in [4.78, 5) is 22.5. The number of nitrogens with one attached hydrogen (secondary N) is 1. The zero-order chi connectivity index (χ0) is 14.3. The first-order chi connectivity index (χ1) is 8.16. The van der Waals surface area contributed by atoms with Gasteiger partial charge < -0.3 is 16.2 Å². The highest BCUT2D eigenvalue weighted by Gasteiger charge is 2.25. The summed E-state index contributed by atoms with van der Waals surface area (Å²) in [6.45, 7) is 8.08. The number of amides is 1. The normalized spacial score (nSPS) is 13.4. The van der Waals surface area contributed by atoms with Crippen molar-refractivity contribution >= 4 is 11.9 Å². The summed E-state index contributed by atoms with van der Waals surface area (Å²) >= 11 is 0. The summed E-state index contributed by atoms with van der Waals surface area (Å²) in [5, 5.41) is 11.5. The molecule has 1 atom stereocenters. The van der Waals surface area contributed by atoms with E-state index in [0.717, 1.165) is 6.42 Å². The van der Waals surface area contributed by atoms with Gasteiger partial charge in [0.15, 0.2) is 0 Å². The highest BCUT2D eigenvalue weighted by Crippen LogP contribution is 2.15. The van der Waals surface area contributed by atoms with Gasteiger partial charge in [0.25, 0.3) is 0 Å². The van der Waals surface area contributed by atoms with Crippen molar-refractivity contribution < 1.29 is 14.7 Å². The van der Waals surface area contributed by atoms with E-state index >= 15 is 0 Å². The quantitative estimate of drug-likeness (QED) is 0.613. The highest BCUT2D eigenvalue weighted by molar-refractivity contribution is 5.78. The molecule has 0 aliphatic rings. The zero-order valence-corrected chi connectivity index (χ0v) is 11.8. The van der Waals surface area contributed by atoms with E-state index in [1.54, 1.807) is 13.8 Å². The first kappa shape index (κ1) is 16.9. The minimum absolute atomic E-state index is 0.0871. The van der Waals surface area contributed by atoms with Gasteiger partial charge in [0, 0.05) is 12.0 Å². The van der Waals surface area contributed by atoms with Crippen molar-refractivity contribution in [1.82, 2.24) is 5.32 Å². The Hall–Kier alpha value is -1.10. The fourth-order valence-electron chi connectivity index (χ4n) is 2.04. The lowest BCUT2D eigenvalue weighted by molar-refractivity contribution is -0.138. The molecule has 5 heteroatoms. The molecule has 5 nitrogen and oxygen atoms in total. The van der Waals surface area contributed by atoms with Gasteiger partial charge in [0.05, 0.1) is 6.42 Å². The molecule has 0 spiro atoms. The average molecular weight is 258 g/mol. The van der Waals surface area contributed by atoms with Crippen LogP contribution in [0.15, 0.2) is 0 Å². The minimum Gasteiger partial charge on any atom is -0.481 e. The fraction of sp³-hybridized carbons (Fsp3) is 0.846. The molecule has 1 unspecified atom stereocenters. The van der Waals surface area contributed by atoms with E-state index < -0.39 is 11.5 Å². The molecule has 1 amide bonds. The lowest BCUT2D eigenvalue weighted by Gasteiger charge is -2.26. The van der Waals surface area contributed by atoms with E-state index in [4.69, 9.17) is 10.8 Å². The van der Waals surface area contributed by atoms with E-state index in [0.29, 0.717) is 18.9 Å². The average Bonchev–Trinajstić information content (AvgIpc) is 2.12. The molecule has 0 radical (unpaired) electrons. The largest absolute Gasteiger partial charge is 0.481 e. The summed E-state index contributed by atoms with van der Waals surface area (Å²) in [7, 11) is 0. The first-order valence-electron chi connectivity index (χ1n) is 6.39. The zero-order valence-electron chi connectivity index (χ0n) is 11.8. The first-order valence-corrected chi connectivity index (χ1v) is 6.39. The maximum atomic E-state index is 11.8. The molecule has 0 heterocycles. The summed E-state index contributed by atoms with van der Waals surface area (Å²) in [5.74, 6) is -0.390. The third-order valence-corrected chi connectivity index (χ3v) is 2.68. The van der Waals surface area contributed by atoms with Crippen LogP contribution in [0.25, 0.3) is 0 Å². The number of carbonyl (C=O) groups excluding carboxylic acids is 1. The van der Waals surface area contributed by atoms with E-state index in [9.17, 15) is 9.59 Å². The molecule has 0 fully saturated rings. The van der Waals surface area contributed by atoms with Gasteiger partial charge in [-0.1, -0.05) is 13.8 Å². The van der Waals surface area contributed by atoms with Gasteiger partial charge >= 0.3 is 5.97 Å². The van der Waals surface area contributed by atoms with Crippen LogP contribution in [0, 0.1) is 11.8 Å². The van der Waals surface area contributed by atoms with Crippen molar-refractivity contribution in [2.24, 2.45) is 17.6 Å². The SMILES string of the molecule is CC(C)CC(CN)CC(=O)NC(C)(C)CC(=O)O. The Kier molecular flexibility index (Phi) is 6.91. The van der Waals surface area contributed by atoms with Crippen LogP contribution in [0.3, 0.4) is 0 Å². The molecule has 0 aromatic carbocycles. The van der Waals surface area contributed by atoms with Crippen LogP contribution in [-0.4, -0.2) is 29.1 Å². The number of carboxylic acid groups (broad SMARTS) is 1. The second-order valence-corrected chi connectivity index (χ2v) is 5.94. The van der Waals surface area contributed by atoms with Crippen LogP contribution in [0.1, 0.15) is 47.0 Å². The summed E-state index contributed by atoms with van der Waals surface area (Å²) in [6.07, 6.45) is 1.18. The smallest absolute Gasteiger partial charge is 0.305 e. The highest BCUT2D eigenvalue weighted by atomic mass is 16.4. The molecule has 0 saturated carbocycles. The summed E-state index contributed by atoms with van der Waals surface area (Å²) < 4.78 is 0. The predicted octanol–water partition coefficient (Wildman–Crippen LogP) is 1.37. The molecule has 0 saturated heterocycles. The number of aliphatic carboxylic acids is 1. The fourth-order valence-corrected chi connectivity index (χ4v) is 2.04. The number of nitrogens with two attached hydrogens (primary N) is 1. The van der Waals surface area contributed by atoms with E-state index in [1.807, 2.05) is 0 Å². The third-order valence-electron chi connectivity index (χ3n) is 2.68. The molecule has 0 bridgehead atoms. The lowest BCUT2D eigenvalue weighted by Crippen LogP contribution is -2.45. The van der Waals surface area contributed by atoms with E-state index in [2.05, 4.69) is 19.2 Å². The van der Waals surface area contributed by atoms with Crippen molar-refractivity contribution in [2.75, 3.05) is 6.54 Å². The lowest BCUT2D eigenvalue weighted by atomic mass is 9.93. The monoisotopic (exact) mass is 258 g/mol. The third kappa shape index (κ3) is 8.06. The Morgan fingerprint density at radius 2 is 1.89 bits per heavy atom. The standard InChI is InChI=1S/C13H26N2O3/c1-9(2)5-10(8-14)6-11(16)15-13(3,4)7-12(17)18/h9-10H,5-8,14H2,1-4H3,(H,15,16)(H,17,18). The molecule has 106 valence electrons. The number of carbonyl (C=O) groups is 2. The number of carboxylic acids is 1. The second-order valence-electron chi connectivity index (χ2n) is 5.94. The van der Waals surface area contributed by atoms with Crippen LogP contribution < -0.4 is 11.1 Å². The Balaban J connectivity index is 4.27. The Morgan fingerprint density at radius 1 is 1.33 bits per heavy atom. The molecular formula is C13H26N2O3. The molecule has 0 aliphatic carbocycles. The predicted molar refractivity (Wildman–Crippen MR) is 71.1 cm³/mol. The van der Waals surface area contributed by atoms with Crippen LogP contribution in [0.4, 0.5) is 0 Å². The Morgan fingerprint density at radius 3 is 2.28 bits per heavy atom. The number of hydrogen-bond acceptors (Lipinski definition) is 3. The van der Waals surface area contributed by atoms with Gasteiger partial charge in [-0.15, -0.1) is 0 Å². The minimum atomic E-state index is -0.919. The van der Waals surface area contributed by atoms with Gasteiger partial charge in [0.1, 0.15) is 0 Å². The summed E-state index contributed by atoms with van der Waals surface area (Å²) in [5.41, 5.74) is 4.92. The molecule has 0 aromatic heterocycles. The topological polar surface area (TPSA) is 92.4 Å². The maximum Gasteiger partial charge on any atom is 0.305 e. The number of hydrogen-bond donors (Lipinski definition) is 3. The second kappa shape index (κ2) is 7.36. The Bertz CT molecular complexity index is 288. The molecule has 0 aromatic rings. The van der Waals surface area contributed by atoms with Gasteiger partial charge in [-0.3, -0.25) is 9.59 Å². The number of rotatable bonds is 8. The van der Waals surface area contributed by atoms with Crippen LogP contribution in [-0.2, 0) is 9.59 Å². The van der Waals surface area contributed by atoms with Crippen molar-refractivity contribution in [2.45, 2.75) is 52.5 Å². The van der Waals surface area contributed by atoms with Crippen LogP contribution in [0.2, 0.25) is 0 Å². The van der Waals surface area contributed by atoms with Gasteiger partial charge in [-0.05, 0) is 38.6 Å². The summed E-state index contributed by atoms with van der Waals surface area (Å²) in [6, 6.07) is 0.